The van der Waals surface area contributed by atoms with Gasteiger partial charge in [-0.25, -0.2) is 0 Å². The molecule has 4 nitrogen and oxygen atoms in total. The number of ketones is 1. The second-order valence-corrected chi connectivity index (χ2v) is 8.44. The van der Waals surface area contributed by atoms with Gasteiger partial charge in [0.15, 0.2) is 5.78 Å². The van der Waals surface area contributed by atoms with Crippen LogP contribution in [0.4, 0.5) is 0 Å². The molecule has 150 valence electrons. The van der Waals surface area contributed by atoms with E-state index in [0.717, 1.165) is 16.7 Å². The maximum absolute atomic E-state index is 13.1. The second kappa shape index (κ2) is 7.11. The van der Waals surface area contributed by atoms with Crippen molar-refractivity contribution in [3.63, 3.8) is 0 Å². The van der Waals surface area contributed by atoms with Crippen molar-refractivity contribution in [2.24, 2.45) is 0 Å². The van der Waals surface area contributed by atoms with Gasteiger partial charge in [-0.3, -0.25) is 4.79 Å². The molecule has 0 spiro atoms. The normalized spacial score (nSPS) is 18.9. The average Bonchev–Trinajstić information content (AvgIpc) is 2.67. The Morgan fingerprint density at radius 3 is 2.62 bits per heavy atom. The molecule has 0 fully saturated rings. The summed E-state index contributed by atoms with van der Waals surface area (Å²) in [5.41, 5.74) is 3.18. The summed E-state index contributed by atoms with van der Waals surface area (Å²) >= 11 is 0. The number of phenolic OH excluding ortho intramolecular Hbond substituents is 1. The van der Waals surface area contributed by atoms with E-state index in [4.69, 9.17) is 9.47 Å². The first-order chi connectivity index (χ1) is 13.8. The second-order valence-electron chi connectivity index (χ2n) is 8.44. The predicted molar refractivity (Wildman–Crippen MR) is 114 cm³/mol. The van der Waals surface area contributed by atoms with Gasteiger partial charge in [0, 0.05) is 5.56 Å². The van der Waals surface area contributed by atoms with E-state index in [1.165, 1.54) is 0 Å². The Hall–Kier alpha value is -3.01. The minimum Gasteiger partial charge on any atom is -0.507 e. The number of rotatable bonds is 3. The fourth-order valence-corrected chi connectivity index (χ4v) is 3.80. The van der Waals surface area contributed by atoms with E-state index >= 15 is 0 Å². The minimum atomic E-state index is -0.509. The third-order valence-electron chi connectivity index (χ3n) is 5.33. The molecule has 0 aliphatic carbocycles. The number of hydrogen-bond donors (Lipinski definition) is 1. The van der Waals surface area contributed by atoms with Gasteiger partial charge in [-0.2, -0.15) is 0 Å². The molecule has 0 saturated heterocycles. The van der Waals surface area contributed by atoms with E-state index in [0.29, 0.717) is 23.5 Å². The number of Topliss-reactive ketones (excluding diaryl/α,β-unsaturated/α-hetero) is 1. The van der Waals surface area contributed by atoms with Crippen molar-refractivity contribution >= 4 is 11.9 Å². The zero-order valence-corrected chi connectivity index (χ0v) is 17.3. The molecule has 4 rings (SSSR count). The van der Waals surface area contributed by atoms with E-state index in [1.807, 2.05) is 76.3 Å². The fourth-order valence-electron chi connectivity index (χ4n) is 3.80. The van der Waals surface area contributed by atoms with Gasteiger partial charge in [0.05, 0.1) is 12.0 Å². The molecule has 0 amide bonds. The third-order valence-corrected chi connectivity index (χ3v) is 5.33. The highest BCUT2D eigenvalue weighted by Crippen LogP contribution is 2.51. The number of hydrogen-bond acceptors (Lipinski definition) is 4. The third kappa shape index (κ3) is 3.55. The number of fused-ring (bicyclic) bond motifs is 3. The lowest BCUT2D eigenvalue weighted by molar-refractivity contribution is 0.0840. The highest BCUT2D eigenvalue weighted by Gasteiger charge is 2.37. The number of aromatic hydroxyl groups is 1. The lowest BCUT2D eigenvalue weighted by Crippen LogP contribution is -2.30. The topological polar surface area (TPSA) is 55.8 Å². The zero-order valence-electron chi connectivity index (χ0n) is 17.3. The highest BCUT2D eigenvalue weighted by molar-refractivity contribution is 6.05. The summed E-state index contributed by atoms with van der Waals surface area (Å²) in [4.78, 5) is 13.1. The largest absolute Gasteiger partial charge is 0.507 e. The Labute approximate surface area is 171 Å². The number of phenols is 1. The van der Waals surface area contributed by atoms with Gasteiger partial charge in [-0.05, 0) is 51.8 Å². The summed E-state index contributed by atoms with van der Waals surface area (Å²) in [6, 6.07) is 9.70. The molecule has 1 N–H and O–H groups in total. The molecule has 4 heteroatoms. The zero-order chi connectivity index (χ0) is 20.8. The maximum atomic E-state index is 13.1. The molecular weight excluding hydrogens is 364 g/mol. The van der Waals surface area contributed by atoms with Crippen LogP contribution < -0.4 is 9.47 Å². The standard InChI is InChI=1S/C25H26O4/c1-15(2)10-11-17-22(27)21-19(26)14-20(16-8-6-5-7-9-16)28-24(21)18-12-13-25(3,4)29-23(17)18/h5-10,12-13,20,27H,11,14H2,1-4H3/t20-/m0/s1. The van der Waals surface area contributed by atoms with Crippen LogP contribution in [0, 0.1) is 0 Å². The molecule has 2 aliphatic rings. The summed E-state index contributed by atoms with van der Waals surface area (Å²) in [6.45, 7) is 7.94. The van der Waals surface area contributed by atoms with Gasteiger partial charge in [-0.1, -0.05) is 42.0 Å². The number of carbonyl (C=O) groups is 1. The molecule has 0 aromatic heterocycles. The molecule has 1 atom stereocenters. The van der Waals surface area contributed by atoms with Crippen LogP contribution in [0.3, 0.4) is 0 Å². The molecule has 2 aliphatic heterocycles. The van der Waals surface area contributed by atoms with Crippen molar-refractivity contribution in [3.8, 4) is 17.2 Å². The van der Waals surface area contributed by atoms with E-state index < -0.39 is 5.60 Å². The Balaban J connectivity index is 1.89. The Kier molecular flexibility index (Phi) is 4.73. The molecule has 0 unspecified atom stereocenters. The lowest BCUT2D eigenvalue weighted by atomic mass is 9.88. The Bertz CT molecular complexity index is 1020. The first-order valence-corrected chi connectivity index (χ1v) is 9.95. The predicted octanol–water partition coefficient (Wildman–Crippen LogP) is 5.79. The van der Waals surface area contributed by atoms with Crippen LogP contribution in [-0.2, 0) is 6.42 Å². The Morgan fingerprint density at radius 2 is 1.93 bits per heavy atom. The monoisotopic (exact) mass is 390 g/mol. The van der Waals surface area contributed by atoms with Crippen LogP contribution in [0.15, 0.2) is 48.1 Å². The fraction of sp³-hybridized carbons (Fsp3) is 0.320. The van der Waals surface area contributed by atoms with Crippen LogP contribution in [0.5, 0.6) is 17.2 Å². The number of benzene rings is 2. The maximum Gasteiger partial charge on any atom is 0.174 e. The summed E-state index contributed by atoms with van der Waals surface area (Å²) in [7, 11) is 0. The van der Waals surface area contributed by atoms with Crippen molar-refractivity contribution < 1.29 is 19.4 Å². The van der Waals surface area contributed by atoms with Gasteiger partial charge in [-0.15, -0.1) is 0 Å². The van der Waals surface area contributed by atoms with E-state index in [1.54, 1.807) is 0 Å². The van der Waals surface area contributed by atoms with Gasteiger partial charge in [0.2, 0.25) is 0 Å². The van der Waals surface area contributed by atoms with Crippen molar-refractivity contribution in [1.82, 2.24) is 0 Å². The van der Waals surface area contributed by atoms with Crippen LogP contribution in [0.1, 0.15) is 67.3 Å². The number of allylic oxidation sites excluding steroid dienone is 2. The summed E-state index contributed by atoms with van der Waals surface area (Å²) in [6.07, 6.45) is 6.23. The van der Waals surface area contributed by atoms with Gasteiger partial charge >= 0.3 is 0 Å². The lowest BCUT2D eigenvalue weighted by Gasteiger charge is -2.34. The van der Waals surface area contributed by atoms with E-state index in [9.17, 15) is 9.90 Å². The molecule has 2 aromatic carbocycles. The van der Waals surface area contributed by atoms with Crippen LogP contribution in [0.2, 0.25) is 0 Å². The first-order valence-electron chi connectivity index (χ1n) is 9.95. The van der Waals surface area contributed by atoms with Gasteiger partial charge in [0.25, 0.3) is 0 Å². The SMILES string of the molecule is CC(C)=CCc1c(O)c2c(c3c1OC(C)(C)C=C3)O[C@H](c1ccccc1)CC2=O. The average molecular weight is 390 g/mol. The summed E-state index contributed by atoms with van der Waals surface area (Å²) < 4.78 is 12.5. The Morgan fingerprint density at radius 1 is 1.21 bits per heavy atom. The van der Waals surface area contributed by atoms with Gasteiger partial charge in [0.1, 0.15) is 34.5 Å². The summed E-state index contributed by atoms with van der Waals surface area (Å²) in [5.74, 6) is 0.860. The van der Waals surface area contributed by atoms with E-state index in [-0.39, 0.29) is 29.6 Å². The molecule has 0 bridgehead atoms. The van der Waals surface area contributed by atoms with Crippen LogP contribution >= 0.6 is 0 Å². The molecule has 2 heterocycles. The van der Waals surface area contributed by atoms with Crippen LogP contribution in [0.25, 0.3) is 6.08 Å². The smallest absolute Gasteiger partial charge is 0.174 e. The van der Waals surface area contributed by atoms with Crippen molar-refractivity contribution in [2.75, 3.05) is 0 Å². The molecule has 0 radical (unpaired) electrons. The number of carbonyl (C=O) groups excluding carboxylic acids is 1. The molecular formula is C25H26O4. The first kappa shape index (κ1) is 19.3. The minimum absolute atomic E-state index is 0.0288. The van der Waals surface area contributed by atoms with Gasteiger partial charge < -0.3 is 14.6 Å². The summed E-state index contributed by atoms with van der Waals surface area (Å²) in [5, 5.41) is 11.1. The molecule has 2 aromatic rings. The highest BCUT2D eigenvalue weighted by atomic mass is 16.5. The molecule has 29 heavy (non-hydrogen) atoms. The van der Waals surface area contributed by atoms with Crippen molar-refractivity contribution in [1.29, 1.82) is 0 Å². The van der Waals surface area contributed by atoms with Crippen molar-refractivity contribution in [3.05, 3.63) is 70.3 Å². The number of ether oxygens (including phenoxy) is 2. The quantitative estimate of drug-likeness (QED) is 0.674. The van der Waals surface area contributed by atoms with Crippen molar-refractivity contribution in [2.45, 2.75) is 52.2 Å². The molecule has 0 saturated carbocycles. The van der Waals surface area contributed by atoms with E-state index in [2.05, 4.69) is 0 Å². The van der Waals surface area contributed by atoms with Crippen LogP contribution in [-0.4, -0.2) is 16.5 Å².